The van der Waals surface area contributed by atoms with Crippen LogP contribution >= 0.6 is 20.6 Å². The van der Waals surface area contributed by atoms with Gasteiger partial charge in [-0.1, -0.05) is 0 Å². The molecular weight excluding hydrogens is 170 g/mol. The first-order valence-electron chi connectivity index (χ1n) is 2.99. The van der Waals surface area contributed by atoms with E-state index in [0.717, 1.165) is 0 Å². The van der Waals surface area contributed by atoms with Crippen LogP contribution in [-0.2, 0) is 10.1 Å². The van der Waals surface area contributed by atoms with Crippen LogP contribution in [0.4, 0.5) is 0 Å². The average Bonchev–Trinajstić information content (AvgIpc) is 1.90. The maximum atomic E-state index is 2.33. The zero-order valence-electron chi connectivity index (χ0n) is 5.79. The van der Waals surface area contributed by atoms with Gasteiger partial charge in [0.25, 0.3) is 0 Å². The molecule has 0 aromatic rings. The maximum absolute atomic E-state index is 2.33. The number of hydrogen-bond donors (Lipinski definition) is 0. The fraction of sp³-hybridized carbons (Fsp3) is 1.00. The van der Waals surface area contributed by atoms with Gasteiger partial charge in [0.15, 0.2) is 19.9 Å². The largest absolute Gasteiger partial charge is 0.185 e. The summed E-state index contributed by atoms with van der Waals surface area (Å²) in [5.41, 5.74) is 0. The first-order chi connectivity index (χ1) is 4.30. The second-order valence-corrected chi connectivity index (χ2v) is 8.14. The molecule has 1 aliphatic heterocycles. The third-order valence-electron chi connectivity index (χ3n) is 1.08. The van der Waals surface area contributed by atoms with E-state index in [1.165, 1.54) is 17.9 Å². The van der Waals surface area contributed by atoms with E-state index in [1.54, 1.807) is 0 Å². The maximum Gasteiger partial charge on any atom is 0.185 e. The molecule has 0 radical (unpaired) electrons. The quantitative estimate of drug-likeness (QED) is 0.449. The fourth-order valence-corrected chi connectivity index (χ4v) is 7.31. The first-order valence-corrected chi connectivity index (χ1v) is 7.17. The van der Waals surface area contributed by atoms with E-state index in [-0.39, 0.29) is 0 Å². The lowest BCUT2D eigenvalue weighted by Crippen LogP contribution is -2.23. The van der Waals surface area contributed by atoms with Gasteiger partial charge in [0.1, 0.15) is 5.75 Å². The minimum Gasteiger partial charge on any atom is -0.120 e. The van der Waals surface area contributed by atoms with E-state index in [2.05, 4.69) is 18.4 Å². The number of nitrogens with zero attached hydrogens (tertiary/aromatic N) is 1. The van der Waals surface area contributed by atoms with E-state index < -0.39 is 0 Å². The summed E-state index contributed by atoms with van der Waals surface area (Å²) in [6.45, 7) is 0. The van der Waals surface area contributed by atoms with E-state index >= 15 is 0 Å². The lowest BCUT2D eigenvalue weighted by Gasteiger charge is -2.13. The van der Waals surface area contributed by atoms with Crippen LogP contribution in [-0.4, -0.2) is 29.9 Å². The van der Waals surface area contributed by atoms with Gasteiger partial charge in [-0.3, -0.25) is 0 Å². The van der Waals surface area contributed by atoms with E-state index in [1.807, 2.05) is 20.6 Å². The van der Waals surface area contributed by atoms with Crippen molar-refractivity contribution in [2.24, 2.45) is 0 Å². The SMILES string of the molecule is CN(C)[S+]1CCCSS1. The summed E-state index contributed by atoms with van der Waals surface area (Å²) in [5, 5.41) is 0. The normalized spacial score (nSPS) is 29.0. The summed E-state index contributed by atoms with van der Waals surface area (Å²) in [4.78, 5) is 0. The Labute approximate surface area is 67.2 Å². The van der Waals surface area contributed by atoms with Crippen LogP contribution in [0, 0.1) is 0 Å². The molecule has 1 saturated heterocycles. The molecule has 1 aliphatic rings. The minimum absolute atomic E-state index is 0.517. The van der Waals surface area contributed by atoms with Gasteiger partial charge in [-0.2, -0.15) is 0 Å². The van der Waals surface area contributed by atoms with Crippen molar-refractivity contribution < 1.29 is 0 Å². The molecule has 4 heteroatoms. The first kappa shape index (κ1) is 8.11. The second kappa shape index (κ2) is 4.01. The van der Waals surface area contributed by atoms with Crippen molar-refractivity contribution in [3.63, 3.8) is 0 Å². The Hall–Kier alpha value is 1.01. The standard InChI is InChI=1S/C5H12NS3/c1-6(2)9-5-3-4-7-8-9/h3-5H2,1-2H3/q+1. The molecule has 1 rings (SSSR count). The summed E-state index contributed by atoms with van der Waals surface area (Å²) < 4.78 is 2.33. The molecule has 1 heterocycles. The van der Waals surface area contributed by atoms with Crippen molar-refractivity contribution in [3.8, 4) is 0 Å². The van der Waals surface area contributed by atoms with Crippen molar-refractivity contribution >= 4 is 30.7 Å². The van der Waals surface area contributed by atoms with Crippen LogP contribution in [0.3, 0.4) is 0 Å². The summed E-state index contributed by atoms with van der Waals surface area (Å²) >= 11 is 0. The van der Waals surface area contributed by atoms with Crippen molar-refractivity contribution in [1.82, 2.24) is 4.31 Å². The van der Waals surface area contributed by atoms with Gasteiger partial charge in [-0.25, -0.2) is 0 Å². The van der Waals surface area contributed by atoms with Crippen molar-refractivity contribution in [3.05, 3.63) is 0 Å². The molecule has 0 amide bonds. The summed E-state index contributed by atoms with van der Waals surface area (Å²) in [5.74, 6) is 2.74. The van der Waals surface area contributed by atoms with Crippen LogP contribution in [0.15, 0.2) is 0 Å². The third kappa shape index (κ3) is 2.62. The molecule has 0 N–H and O–H groups in total. The van der Waals surface area contributed by atoms with Crippen LogP contribution in [0.2, 0.25) is 0 Å². The van der Waals surface area contributed by atoms with Gasteiger partial charge in [-0.05, 0) is 10.8 Å². The second-order valence-electron chi connectivity index (χ2n) is 2.08. The highest BCUT2D eigenvalue weighted by atomic mass is 33.5. The molecule has 0 aliphatic carbocycles. The van der Waals surface area contributed by atoms with Gasteiger partial charge in [-0.15, -0.1) is 4.31 Å². The monoisotopic (exact) mass is 182 g/mol. The van der Waals surface area contributed by atoms with Crippen molar-refractivity contribution in [1.29, 1.82) is 0 Å². The molecule has 0 bridgehead atoms. The molecule has 0 spiro atoms. The average molecular weight is 182 g/mol. The molecule has 1 fully saturated rings. The molecule has 0 aromatic carbocycles. The fourth-order valence-electron chi connectivity index (χ4n) is 0.608. The van der Waals surface area contributed by atoms with Gasteiger partial charge in [0.05, 0.1) is 0 Å². The molecular formula is C5H12NS3+. The highest BCUT2D eigenvalue weighted by Crippen LogP contribution is 2.36. The van der Waals surface area contributed by atoms with Gasteiger partial charge in [0, 0.05) is 26.3 Å². The Bertz CT molecular complexity index is 80.3. The molecule has 9 heavy (non-hydrogen) atoms. The van der Waals surface area contributed by atoms with E-state index in [4.69, 9.17) is 0 Å². The Kier molecular flexibility index (Phi) is 3.61. The molecule has 0 aromatic heterocycles. The van der Waals surface area contributed by atoms with Gasteiger partial charge >= 0.3 is 0 Å². The van der Waals surface area contributed by atoms with E-state index in [0.29, 0.717) is 10.1 Å². The highest BCUT2D eigenvalue weighted by molar-refractivity contribution is 9.07. The Morgan fingerprint density at radius 2 is 2.22 bits per heavy atom. The topological polar surface area (TPSA) is 3.24 Å². The van der Waals surface area contributed by atoms with Crippen LogP contribution < -0.4 is 0 Å². The van der Waals surface area contributed by atoms with Crippen LogP contribution in [0.5, 0.6) is 0 Å². The summed E-state index contributed by atoms with van der Waals surface area (Å²) in [6, 6.07) is 0. The Balaban J connectivity index is 2.23. The van der Waals surface area contributed by atoms with Crippen LogP contribution in [0.25, 0.3) is 0 Å². The zero-order valence-corrected chi connectivity index (χ0v) is 8.24. The Morgan fingerprint density at radius 3 is 2.56 bits per heavy atom. The molecule has 54 valence electrons. The number of rotatable bonds is 1. The lowest BCUT2D eigenvalue weighted by molar-refractivity contribution is 0.694. The molecule has 1 atom stereocenters. The molecule has 0 saturated carbocycles. The predicted molar refractivity (Wildman–Crippen MR) is 50.6 cm³/mol. The highest BCUT2D eigenvalue weighted by Gasteiger charge is 2.27. The minimum atomic E-state index is 0.517. The van der Waals surface area contributed by atoms with Crippen molar-refractivity contribution in [2.75, 3.05) is 25.6 Å². The predicted octanol–water partition coefficient (Wildman–Crippen LogP) is 1.78. The summed E-state index contributed by atoms with van der Waals surface area (Å²) in [7, 11) is 8.91. The molecule has 1 unspecified atom stereocenters. The van der Waals surface area contributed by atoms with Gasteiger partial charge in [0.2, 0.25) is 0 Å². The van der Waals surface area contributed by atoms with Crippen molar-refractivity contribution in [2.45, 2.75) is 6.42 Å². The van der Waals surface area contributed by atoms with Gasteiger partial charge < -0.3 is 0 Å². The smallest absolute Gasteiger partial charge is 0.120 e. The Morgan fingerprint density at radius 1 is 1.44 bits per heavy atom. The third-order valence-corrected chi connectivity index (χ3v) is 8.18. The molecule has 1 nitrogen and oxygen atoms in total. The number of hydrogen-bond acceptors (Lipinski definition) is 3. The lowest BCUT2D eigenvalue weighted by atomic mass is 10.6. The van der Waals surface area contributed by atoms with E-state index in [9.17, 15) is 0 Å². The summed E-state index contributed by atoms with van der Waals surface area (Å²) in [6.07, 6.45) is 1.40. The van der Waals surface area contributed by atoms with Crippen LogP contribution in [0.1, 0.15) is 6.42 Å². The zero-order chi connectivity index (χ0) is 6.69.